The Morgan fingerprint density at radius 2 is 1.85 bits per heavy atom. The number of ether oxygens (including phenoxy) is 1. The van der Waals surface area contributed by atoms with Crippen molar-refractivity contribution in [2.75, 3.05) is 19.4 Å². The number of aliphatic hydroxyl groups excluding tert-OH is 1. The molecular formula is C19H24N2O4S. The summed E-state index contributed by atoms with van der Waals surface area (Å²) in [4.78, 5) is 11.4. The Morgan fingerprint density at radius 3 is 2.42 bits per heavy atom. The van der Waals surface area contributed by atoms with Crippen molar-refractivity contribution in [3.63, 3.8) is 0 Å². The lowest BCUT2D eigenvalue weighted by Gasteiger charge is -2.24. The Balaban J connectivity index is 1.82. The zero-order valence-electron chi connectivity index (χ0n) is 14.9. The summed E-state index contributed by atoms with van der Waals surface area (Å²) in [5.74, 6) is 1.07. The average molecular weight is 376 g/mol. The molecule has 2 N–H and O–H groups in total. The highest BCUT2D eigenvalue weighted by Gasteiger charge is 2.18. The molecule has 7 heteroatoms. The molecule has 0 aromatic heterocycles. The Hall–Kier alpha value is -1.93. The third kappa shape index (κ3) is 6.10. The highest BCUT2D eigenvalue weighted by Crippen LogP contribution is 2.22. The number of nitrogens with one attached hydrogen (secondary N) is 1. The van der Waals surface area contributed by atoms with Crippen molar-refractivity contribution >= 4 is 17.4 Å². The number of nitro groups is 1. The highest BCUT2D eigenvalue weighted by molar-refractivity contribution is 7.99. The number of benzene rings is 2. The standard InChI is InChI=1S/C19H24N2O4S/c1-14(18(20-2)13-26-17-6-4-3-5-7-17)12-25-19(22)15-8-10-16(11-9-15)21(23)24/h3-11,14,18-20,22H,12-13H2,1-2H3/t14-,18-,19?/m0/s1. The molecule has 3 atom stereocenters. The number of nitro benzene ring substituents is 1. The fourth-order valence-electron chi connectivity index (χ4n) is 2.45. The molecule has 0 aliphatic carbocycles. The lowest BCUT2D eigenvalue weighted by atomic mass is 10.1. The number of aliphatic hydroxyl groups is 1. The molecule has 1 unspecified atom stereocenters. The number of nitrogens with zero attached hydrogens (tertiary/aromatic N) is 1. The Labute approximate surface area is 157 Å². The predicted octanol–water partition coefficient (Wildman–Crippen LogP) is 3.62. The zero-order chi connectivity index (χ0) is 18.9. The number of thioether (sulfide) groups is 1. The quantitative estimate of drug-likeness (QED) is 0.285. The molecule has 6 nitrogen and oxygen atoms in total. The van der Waals surface area contributed by atoms with Crippen LogP contribution in [0.3, 0.4) is 0 Å². The van der Waals surface area contributed by atoms with Crippen LogP contribution in [0.25, 0.3) is 0 Å². The Morgan fingerprint density at radius 1 is 1.19 bits per heavy atom. The summed E-state index contributed by atoms with van der Waals surface area (Å²) in [6.07, 6.45) is -1.10. The second-order valence-electron chi connectivity index (χ2n) is 6.03. The zero-order valence-corrected chi connectivity index (χ0v) is 15.7. The van der Waals surface area contributed by atoms with E-state index in [-0.39, 0.29) is 17.6 Å². The van der Waals surface area contributed by atoms with E-state index in [2.05, 4.69) is 24.4 Å². The maximum Gasteiger partial charge on any atom is 0.269 e. The first kappa shape index (κ1) is 20.4. The largest absolute Gasteiger partial charge is 0.364 e. The Kier molecular flexibility index (Phi) is 8.06. The van der Waals surface area contributed by atoms with Gasteiger partial charge in [0, 0.05) is 34.4 Å². The van der Waals surface area contributed by atoms with Crippen molar-refractivity contribution in [2.24, 2.45) is 5.92 Å². The van der Waals surface area contributed by atoms with Crippen molar-refractivity contribution in [3.8, 4) is 0 Å². The SMILES string of the molecule is CN[C@@H](CSc1ccccc1)[C@@H](C)COC(O)c1ccc([N+](=O)[O-])cc1. The summed E-state index contributed by atoms with van der Waals surface area (Å²) >= 11 is 1.77. The van der Waals surface area contributed by atoms with Crippen molar-refractivity contribution < 1.29 is 14.8 Å². The summed E-state index contributed by atoms with van der Waals surface area (Å²) in [5.41, 5.74) is 0.491. The van der Waals surface area contributed by atoms with Crippen LogP contribution in [-0.4, -0.2) is 35.5 Å². The minimum absolute atomic E-state index is 0.0116. The van der Waals surface area contributed by atoms with E-state index in [1.807, 2.05) is 25.2 Å². The average Bonchev–Trinajstić information content (AvgIpc) is 2.67. The molecule has 0 aliphatic rings. The minimum atomic E-state index is -1.10. The van der Waals surface area contributed by atoms with Crippen LogP contribution < -0.4 is 5.32 Å². The van der Waals surface area contributed by atoms with E-state index in [1.54, 1.807) is 11.8 Å². The van der Waals surface area contributed by atoms with Gasteiger partial charge in [-0.1, -0.05) is 25.1 Å². The van der Waals surface area contributed by atoms with Crippen LogP contribution in [0.4, 0.5) is 5.69 Å². The monoisotopic (exact) mass is 376 g/mol. The van der Waals surface area contributed by atoms with Crippen molar-refractivity contribution in [3.05, 3.63) is 70.3 Å². The van der Waals surface area contributed by atoms with Gasteiger partial charge < -0.3 is 15.2 Å². The van der Waals surface area contributed by atoms with Gasteiger partial charge in [0.05, 0.1) is 11.5 Å². The molecule has 0 fully saturated rings. The summed E-state index contributed by atoms with van der Waals surface area (Å²) in [5, 5.41) is 24.1. The smallest absolute Gasteiger partial charge is 0.269 e. The molecule has 2 aromatic rings. The summed E-state index contributed by atoms with van der Waals surface area (Å²) in [7, 11) is 1.92. The number of rotatable bonds is 10. The van der Waals surface area contributed by atoms with Crippen molar-refractivity contribution in [2.45, 2.75) is 24.2 Å². The van der Waals surface area contributed by atoms with E-state index in [0.29, 0.717) is 12.2 Å². The van der Waals surface area contributed by atoms with Crippen LogP contribution in [0.5, 0.6) is 0 Å². The van der Waals surface area contributed by atoms with Crippen LogP contribution in [0, 0.1) is 16.0 Å². The van der Waals surface area contributed by atoms with Gasteiger partial charge in [-0.25, -0.2) is 0 Å². The fraction of sp³-hybridized carbons (Fsp3) is 0.368. The molecule has 140 valence electrons. The molecule has 26 heavy (non-hydrogen) atoms. The van der Waals surface area contributed by atoms with E-state index >= 15 is 0 Å². The second-order valence-corrected chi connectivity index (χ2v) is 7.12. The first-order valence-electron chi connectivity index (χ1n) is 8.40. The normalized spacial score (nSPS) is 14.6. The molecule has 0 saturated carbocycles. The molecule has 0 amide bonds. The predicted molar refractivity (Wildman–Crippen MR) is 103 cm³/mol. The lowest BCUT2D eigenvalue weighted by molar-refractivity contribution is -0.384. The molecule has 0 saturated heterocycles. The van der Waals surface area contributed by atoms with Crippen molar-refractivity contribution in [1.82, 2.24) is 5.32 Å². The van der Waals surface area contributed by atoms with Gasteiger partial charge in [0.15, 0.2) is 6.29 Å². The van der Waals surface area contributed by atoms with Gasteiger partial charge in [-0.05, 0) is 37.2 Å². The van der Waals surface area contributed by atoms with Crippen molar-refractivity contribution in [1.29, 1.82) is 0 Å². The van der Waals surface area contributed by atoms with Gasteiger partial charge in [0.2, 0.25) is 0 Å². The molecule has 0 heterocycles. The van der Waals surface area contributed by atoms with E-state index < -0.39 is 11.2 Å². The molecule has 2 rings (SSSR count). The number of hydrogen-bond donors (Lipinski definition) is 2. The maximum atomic E-state index is 10.7. The fourth-order valence-corrected chi connectivity index (χ4v) is 3.67. The second kappa shape index (κ2) is 10.3. The third-order valence-corrected chi connectivity index (χ3v) is 5.27. The van der Waals surface area contributed by atoms with Gasteiger partial charge in [0.1, 0.15) is 0 Å². The minimum Gasteiger partial charge on any atom is -0.364 e. The number of hydrogen-bond acceptors (Lipinski definition) is 6. The van der Waals surface area contributed by atoms with Gasteiger partial charge in [-0.2, -0.15) is 0 Å². The molecule has 2 aromatic carbocycles. The first-order chi connectivity index (χ1) is 12.5. The molecule has 0 aliphatic heterocycles. The van der Waals surface area contributed by atoms with E-state index in [0.717, 1.165) is 5.75 Å². The van der Waals surface area contributed by atoms with Crippen LogP contribution in [-0.2, 0) is 4.74 Å². The van der Waals surface area contributed by atoms with Crippen LogP contribution in [0.2, 0.25) is 0 Å². The van der Waals surface area contributed by atoms with Crippen LogP contribution in [0.1, 0.15) is 18.8 Å². The van der Waals surface area contributed by atoms with E-state index in [4.69, 9.17) is 4.74 Å². The van der Waals surface area contributed by atoms with Gasteiger partial charge in [-0.3, -0.25) is 10.1 Å². The summed E-state index contributed by atoms with van der Waals surface area (Å²) in [6.45, 7) is 2.44. The Bertz CT molecular complexity index is 682. The topological polar surface area (TPSA) is 84.6 Å². The van der Waals surface area contributed by atoms with Gasteiger partial charge in [0.25, 0.3) is 5.69 Å². The molecular weight excluding hydrogens is 352 g/mol. The summed E-state index contributed by atoms with van der Waals surface area (Å²) < 4.78 is 5.56. The van der Waals surface area contributed by atoms with Crippen LogP contribution in [0.15, 0.2) is 59.5 Å². The maximum absolute atomic E-state index is 10.7. The van der Waals surface area contributed by atoms with Gasteiger partial charge >= 0.3 is 0 Å². The van der Waals surface area contributed by atoms with E-state index in [1.165, 1.54) is 29.2 Å². The van der Waals surface area contributed by atoms with Crippen LogP contribution >= 0.6 is 11.8 Å². The number of non-ortho nitro benzene ring substituents is 1. The molecule has 0 radical (unpaired) electrons. The summed E-state index contributed by atoms with van der Waals surface area (Å²) in [6, 6.07) is 16.2. The molecule has 0 bridgehead atoms. The molecule has 0 spiro atoms. The third-order valence-electron chi connectivity index (χ3n) is 4.14. The van der Waals surface area contributed by atoms with E-state index in [9.17, 15) is 15.2 Å². The van der Waals surface area contributed by atoms with Gasteiger partial charge in [-0.15, -0.1) is 11.8 Å². The lowest BCUT2D eigenvalue weighted by Crippen LogP contribution is -2.37. The highest BCUT2D eigenvalue weighted by atomic mass is 32.2. The first-order valence-corrected chi connectivity index (χ1v) is 9.39.